The Morgan fingerprint density at radius 2 is 0.698 bits per heavy atom. The molecule has 5 heteroatoms. The Morgan fingerprint density at radius 1 is 0.442 bits per heavy atom. The Labute approximate surface area is 269 Å². The number of ether oxygens (including phenoxy) is 2. The summed E-state index contributed by atoms with van der Waals surface area (Å²) in [5.41, 5.74) is 0. The highest BCUT2D eigenvalue weighted by molar-refractivity contribution is 5.70. The van der Waals surface area contributed by atoms with Crippen LogP contribution in [0.1, 0.15) is 201 Å². The summed E-state index contributed by atoms with van der Waals surface area (Å²) >= 11 is 0. The summed E-state index contributed by atoms with van der Waals surface area (Å²) in [7, 11) is 5.96. The number of hydrogen-bond donors (Lipinski definition) is 0. The number of carbonyl (C=O) groups excluding carboxylic acids is 2. The maximum Gasteiger partial charge on any atom is 0.310 e. The van der Waals surface area contributed by atoms with Crippen molar-refractivity contribution in [3.8, 4) is 0 Å². The Kier molecular flexibility index (Phi) is 28.8. The molecular weight excluding hydrogens is 534 g/mol. The van der Waals surface area contributed by atoms with Crippen molar-refractivity contribution in [1.82, 2.24) is 0 Å². The minimum Gasteiger partial charge on any atom is -0.452 e. The predicted molar refractivity (Wildman–Crippen MR) is 184 cm³/mol. The molecule has 43 heavy (non-hydrogen) atoms. The van der Waals surface area contributed by atoms with Crippen molar-refractivity contribution >= 4 is 11.9 Å². The van der Waals surface area contributed by atoms with Gasteiger partial charge in [-0.15, -0.1) is 0 Å². The SMILES string of the molecule is CCCCCCCCCCCCCCCC(=O)OC(C)C(OC(=O)CCCCCCCCCCCCCCC)[N+](C)(C)C. The molecule has 0 aliphatic rings. The molecule has 0 bridgehead atoms. The molecule has 0 rings (SSSR count). The highest BCUT2D eigenvalue weighted by Crippen LogP contribution is 2.18. The van der Waals surface area contributed by atoms with E-state index in [1.165, 1.54) is 141 Å². The molecule has 0 aromatic carbocycles. The fourth-order valence-electron chi connectivity index (χ4n) is 5.98. The monoisotopic (exact) mass is 611 g/mol. The third-order valence-electron chi connectivity index (χ3n) is 8.70. The van der Waals surface area contributed by atoms with Gasteiger partial charge in [0.2, 0.25) is 0 Å². The van der Waals surface area contributed by atoms with Gasteiger partial charge in [0.05, 0.1) is 21.1 Å². The largest absolute Gasteiger partial charge is 0.452 e. The van der Waals surface area contributed by atoms with E-state index in [0.29, 0.717) is 17.3 Å². The van der Waals surface area contributed by atoms with Crippen LogP contribution in [-0.4, -0.2) is 49.9 Å². The number of carbonyl (C=O) groups is 2. The Balaban J connectivity index is 3.93. The number of nitrogens with zero attached hydrogens (tertiary/aromatic N) is 1. The van der Waals surface area contributed by atoms with Crippen LogP contribution in [0.2, 0.25) is 0 Å². The Hall–Kier alpha value is -1.10. The van der Waals surface area contributed by atoms with Crippen LogP contribution in [0.4, 0.5) is 0 Å². The van der Waals surface area contributed by atoms with Gasteiger partial charge in [-0.1, -0.05) is 168 Å². The predicted octanol–water partition coefficient (Wildman–Crippen LogP) is 11.5. The summed E-state index contributed by atoms with van der Waals surface area (Å²) < 4.78 is 12.0. The number of rotatable bonds is 32. The van der Waals surface area contributed by atoms with E-state index < -0.39 is 12.3 Å². The topological polar surface area (TPSA) is 52.6 Å². The van der Waals surface area contributed by atoms with Crippen LogP contribution in [0, 0.1) is 0 Å². The molecule has 0 saturated heterocycles. The molecule has 0 radical (unpaired) electrons. The van der Waals surface area contributed by atoms with Gasteiger partial charge in [-0.25, -0.2) is 0 Å². The summed E-state index contributed by atoms with van der Waals surface area (Å²) in [5, 5.41) is 0. The van der Waals surface area contributed by atoms with Crippen molar-refractivity contribution in [3.05, 3.63) is 0 Å². The van der Waals surface area contributed by atoms with Crippen LogP contribution in [0.3, 0.4) is 0 Å². The van der Waals surface area contributed by atoms with Crippen molar-refractivity contribution in [2.24, 2.45) is 0 Å². The van der Waals surface area contributed by atoms with Crippen LogP contribution >= 0.6 is 0 Å². The first kappa shape index (κ1) is 41.9. The van der Waals surface area contributed by atoms with Gasteiger partial charge in [-0.2, -0.15) is 0 Å². The minimum absolute atomic E-state index is 0.179. The Bertz CT molecular complexity index is 630. The molecule has 2 atom stereocenters. The van der Waals surface area contributed by atoms with Gasteiger partial charge in [0.15, 0.2) is 6.10 Å². The standard InChI is InChI=1S/C38H76NO4/c1-7-9-11-13-15-17-19-21-23-25-27-29-31-33-36(40)42-35(3)38(39(4,5)6)43-37(41)34-32-30-28-26-24-22-20-18-16-14-12-10-8-2/h35,38H,7-34H2,1-6H3/q+1. The molecule has 2 unspecified atom stereocenters. The highest BCUT2D eigenvalue weighted by Gasteiger charge is 2.36. The molecule has 256 valence electrons. The molecule has 0 aromatic heterocycles. The number of hydrogen-bond acceptors (Lipinski definition) is 4. The van der Waals surface area contributed by atoms with E-state index in [2.05, 4.69) is 13.8 Å². The lowest BCUT2D eigenvalue weighted by molar-refractivity contribution is -0.920. The third kappa shape index (κ3) is 28.1. The van der Waals surface area contributed by atoms with E-state index in [-0.39, 0.29) is 11.9 Å². The lowest BCUT2D eigenvalue weighted by Gasteiger charge is -2.36. The second-order valence-electron chi connectivity index (χ2n) is 14.2. The summed E-state index contributed by atoms with van der Waals surface area (Å²) in [6.45, 7) is 6.40. The first-order valence-corrected chi connectivity index (χ1v) is 18.9. The average molecular weight is 611 g/mol. The molecule has 0 saturated carbocycles. The number of likely N-dealkylation sites (N-methyl/N-ethyl adjacent to an activating group) is 1. The number of quaternary nitrogens is 1. The molecule has 0 aliphatic carbocycles. The molecule has 5 nitrogen and oxygen atoms in total. The van der Waals surface area contributed by atoms with Gasteiger partial charge < -0.3 is 9.47 Å². The first-order chi connectivity index (χ1) is 20.7. The lowest BCUT2D eigenvalue weighted by Crippen LogP contribution is -2.54. The Morgan fingerprint density at radius 3 is 0.977 bits per heavy atom. The van der Waals surface area contributed by atoms with Crippen molar-refractivity contribution < 1.29 is 23.5 Å². The van der Waals surface area contributed by atoms with E-state index in [9.17, 15) is 9.59 Å². The lowest BCUT2D eigenvalue weighted by atomic mass is 10.0. The van der Waals surface area contributed by atoms with Crippen molar-refractivity contribution in [2.45, 2.75) is 213 Å². The van der Waals surface area contributed by atoms with Crippen molar-refractivity contribution in [1.29, 1.82) is 0 Å². The maximum atomic E-state index is 12.6. The molecule has 0 heterocycles. The zero-order valence-corrected chi connectivity index (χ0v) is 30.0. The van der Waals surface area contributed by atoms with Crippen LogP contribution in [0.25, 0.3) is 0 Å². The molecule has 0 fully saturated rings. The third-order valence-corrected chi connectivity index (χ3v) is 8.70. The number of esters is 2. The van der Waals surface area contributed by atoms with Crippen LogP contribution < -0.4 is 0 Å². The smallest absolute Gasteiger partial charge is 0.310 e. The van der Waals surface area contributed by atoms with Gasteiger partial charge in [-0.05, 0) is 19.8 Å². The van der Waals surface area contributed by atoms with E-state index in [1.54, 1.807) is 0 Å². The summed E-state index contributed by atoms with van der Waals surface area (Å²) in [4.78, 5) is 25.1. The maximum absolute atomic E-state index is 12.6. The van der Waals surface area contributed by atoms with E-state index in [0.717, 1.165) is 25.7 Å². The molecule has 0 aromatic rings. The molecular formula is C38H76NO4+. The highest BCUT2D eigenvalue weighted by atomic mass is 16.6. The fraction of sp³-hybridized carbons (Fsp3) is 0.947. The molecule has 0 aliphatic heterocycles. The average Bonchev–Trinajstić information content (AvgIpc) is 2.96. The normalized spacial score (nSPS) is 13.2. The summed E-state index contributed by atoms with van der Waals surface area (Å²) in [5.74, 6) is -0.359. The van der Waals surface area contributed by atoms with Crippen LogP contribution in [0.5, 0.6) is 0 Å². The van der Waals surface area contributed by atoms with Crippen LogP contribution in [-0.2, 0) is 19.1 Å². The summed E-state index contributed by atoms with van der Waals surface area (Å²) in [6, 6.07) is 0. The van der Waals surface area contributed by atoms with Gasteiger partial charge in [0.1, 0.15) is 0 Å². The van der Waals surface area contributed by atoms with Gasteiger partial charge in [0, 0.05) is 12.8 Å². The quantitative estimate of drug-likeness (QED) is 0.0329. The minimum atomic E-state index is -0.495. The molecule has 0 spiro atoms. The first-order valence-electron chi connectivity index (χ1n) is 18.9. The van der Waals surface area contributed by atoms with E-state index in [4.69, 9.17) is 9.47 Å². The second kappa shape index (κ2) is 29.6. The van der Waals surface area contributed by atoms with Crippen molar-refractivity contribution in [2.75, 3.05) is 21.1 Å². The molecule has 0 amide bonds. The van der Waals surface area contributed by atoms with E-state index in [1.807, 2.05) is 28.1 Å². The zero-order valence-electron chi connectivity index (χ0n) is 30.0. The van der Waals surface area contributed by atoms with Gasteiger partial charge >= 0.3 is 11.9 Å². The second-order valence-corrected chi connectivity index (χ2v) is 14.2. The van der Waals surface area contributed by atoms with E-state index >= 15 is 0 Å². The zero-order chi connectivity index (χ0) is 32.0. The summed E-state index contributed by atoms with van der Waals surface area (Å²) in [6.07, 6.45) is 33.4. The fourth-order valence-corrected chi connectivity index (χ4v) is 5.98. The molecule has 0 N–H and O–H groups in total. The number of unbranched alkanes of at least 4 members (excludes halogenated alkanes) is 24. The van der Waals surface area contributed by atoms with Gasteiger partial charge in [0.25, 0.3) is 6.23 Å². The van der Waals surface area contributed by atoms with Gasteiger partial charge in [-0.3, -0.25) is 14.1 Å². The van der Waals surface area contributed by atoms with Crippen LogP contribution in [0.15, 0.2) is 0 Å². The van der Waals surface area contributed by atoms with Crippen molar-refractivity contribution in [3.63, 3.8) is 0 Å².